The number of amides is 1. The Morgan fingerprint density at radius 1 is 1.45 bits per heavy atom. The number of carbonyl (C=O) groups is 2. The van der Waals surface area contributed by atoms with E-state index in [0.717, 1.165) is 6.20 Å². The van der Waals surface area contributed by atoms with Gasteiger partial charge in [-0.15, -0.1) is 0 Å². The number of ether oxygens (including phenoxy) is 1. The molecule has 1 fully saturated rings. The average Bonchev–Trinajstić information content (AvgIpc) is 2.39. The van der Waals surface area contributed by atoms with E-state index >= 15 is 0 Å². The second-order valence-corrected chi connectivity index (χ2v) is 6.56. The van der Waals surface area contributed by atoms with Crippen LogP contribution in [0.3, 0.4) is 0 Å². The van der Waals surface area contributed by atoms with E-state index in [1.54, 1.807) is 31.9 Å². The highest BCUT2D eigenvalue weighted by atomic mass is 19.1. The van der Waals surface area contributed by atoms with E-state index in [0.29, 0.717) is 31.5 Å². The summed E-state index contributed by atoms with van der Waals surface area (Å²) in [4.78, 5) is 29.5. The Kier molecular flexibility index (Phi) is 4.78. The van der Waals surface area contributed by atoms with Crippen LogP contribution in [-0.2, 0) is 16.0 Å². The highest BCUT2D eigenvalue weighted by Crippen LogP contribution is 2.20. The maximum Gasteiger partial charge on any atom is 0.410 e. The summed E-state index contributed by atoms with van der Waals surface area (Å²) in [6.07, 6.45) is 2.93. The lowest BCUT2D eigenvalue weighted by Gasteiger charge is -2.33. The lowest BCUT2D eigenvalue weighted by atomic mass is 9.91. The van der Waals surface area contributed by atoms with Gasteiger partial charge in [-0.2, -0.15) is 0 Å². The highest BCUT2D eigenvalue weighted by Gasteiger charge is 2.32. The van der Waals surface area contributed by atoms with Crippen LogP contribution in [0.15, 0.2) is 18.5 Å². The third-order valence-corrected chi connectivity index (χ3v) is 3.42. The Morgan fingerprint density at radius 2 is 2.18 bits per heavy atom. The van der Waals surface area contributed by atoms with Gasteiger partial charge in [0.2, 0.25) is 0 Å². The number of hydrogen-bond donors (Lipinski definition) is 0. The van der Waals surface area contributed by atoms with Crippen molar-refractivity contribution in [1.82, 2.24) is 9.88 Å². The van der Waals surface area contributed by atoms with Crippen LogP contribution >= 0.6 is 0 Å². The fourth-order valence-corrected chi connectivity index (χ4v) is 2.43. The molecule has 0 saturated carbocycles. The lowest BCUT2D eigenvalue weighted by Crippen LogP contribution is -2.46. The maximum absolute atomic E-state index is 13.2. The summed E-state index contributed by atoms with van der Waals surface area (Å²) in [6, 6.07) is 1.37. The van der Waals surface area contributed by atoms with Crippen molar-refractivity contribution >= 4 is 11.9 Å². The summed E-state index contributed by atoms with van der Waals surface area (Å²) < 4.78 is 18.5. The number of carbonyl (C=O) groups excluding carboxylic acids is 2. The fraction of sp³-hybridized carbons (Fsp3) is 0.562. The first-order chi connectivity index (χ1) is 10.2. The Bertz CT molecular complexity index is 569. The monoisotopic (exact) mass is 308 g/mol. The predicted octanol–water partition coefficient (Wildman–Crippen LogP) is 2.59. The van der Waals surface area contributed by atoms with Crippen molar-refractivity contribution < 1.29 is 18.7 Å². The molecule has 1 aromatic heterocycles. The lowest BCUT2D eigenvalue weighted by molar-refractivity contribution is -0.125. The molecule has 1 saturated heterocycles. The molecule has 1 aliphatic rings. The normalized spacial score (nSPS) is 19.2. The first-order valence-electron chi connectivity index (χ1n) is 7.34. The molecule has 0 aromatic carbocycles. The Labute approximate surface area is 129 Å². The molecular formula is C16H21FN2O3. The Morgan fingerprint density at radius 3 is 2.82 bits per heavy atom. The summed E-state index contributed by atoms with van der Waals surface area (Å²) in [5.41, 5.74) is 0.0879. The Balaban J connectivity index is 2.02. The third kappa shape index (κ3) is 4.51. The number of ketones is 1. The third-order valence-electron chi connectivity index (χ3n) is 3.42. The van der Waals surface area contributed by atoms with Crippen molar-refractivity contribution in [3.8, 4) is 0 Å². The highest BCUT2D eigenvalue weighted by molar-refractivity contribution is 5.84. The number of hydrogen-bond acceptors (Lipinski definition) is 4. The van der Waals surface area contributed by atoms with Crippen LogP contribution in [-0.4, -0.2) is 40.5 Å². The number of pyridine rings is 1. The number of aromatic nitrogens is 1. The van der Waals surface area contributed by atoms with Crippen molar-refractivity contribution in [2.75, 3.05) is 13.1 Å². The molecule has 2 heterocycles. The zero-order chi connectivity index (χ0) is 16.3. The van der Waals surface area contributed by atoms with Gasteiger partial charge in [-0.3, -0.25) is 9.78 Å². The van der Waals surface area contributed by atoms with Crippen LogP contribution in [0, 0.1) is 11.7 Å². The molecule has 0 bridgehead atoms. The molecule has 0 aliphatic carbocycles. The second kappa shape index (κ2) is 6.42. The SMILES string of the molecule is CC(C)(C)OC(=O)N1CCC(=O)C(Cc2cncc(F)c2)C1. The van der Waals surface area contributed by atoms with Crippen molar-refractivity contribution in [1.29, 1.82) is 0 Å². The molecule has 0 spiro atoms. The van der Waals surface area contributed by atoms with E-state index in [2.05, 4.69) is 4.98 Å². The van der Waals surface area contributed by atoms with Crippen LogP contribution in [0.5, 0.6) is 0 Å². The molecule has 120 valence electrons. The van der Waals surface area contributed by atoms with Gasteiger partial charge in [0.05, 0.1) is 6.20 Å². The minimum Gasteiger partial charge on any atom is -0.444 e. The molecule has 6 heteroatoms. The molecule has 2 rings (SSSR count). The molecule has 5 nitrogen and oxygen atoms in total. The number of piperidine rings is 1. The van der Waals surface area contributed by atoms with E-state index < -0.39 is 17.5 Å². The van der Waals surface area contributed by atoms with E-state index in [1.807, 2.05) is 0 Å². The van der Waals surface area contributed by atoms with Gasteiger partial charge in [0, 0.05) is 31.6 Å². The zero-order valence-corrected chi connectivity index (χ0v) is 13.1. The molecule has 0 radical (unpaired) electrons. The van der Waals surface area contributed by atoms with Crippen molar-refractivity contribution in [3.05, 3.63) is 29.8 Å². The van der Waals surface area contributed by atoms with E-state index in [1.165, 1.54) is 6.07 Å². The standard InChI is InChI=1S/C16H21FN2O3/c1-16(2,3)22-15(21)19-5-4-14(20)12(10-19)6-11-7-13(17)9-18-8-11/h7-9,12H,4-6,10H2,1-3H3. The molecule has 22 heavy (non-hydrogen) atoms. The number of halogens is 1. The molecular weight excluding hydrogens is 287 g/mol. The summed E-state index contributed by atoms with van der Waals surface area (Å²) in [6.45, 7) is 6.07. The van der Waals surface area contributed by atoms with Crippen LogP contribution in [0.2, 0.25) is 0 Å². The summed E-state index contributed by atoms with van der Waals surface area (Å²) in [5, 5.41) is 0. The van der Waals surface area contributed by atoms with E-state index in [-0.39, 0.29) is 11.7 Å². The minimum absolute atomic E-state index is 0.0871. The van der Waals surface area contributed by atoms with Crippen molar-refractivity contribution in [2.24, 2.45) is 5.92 Å². The quantitative estimate of drug-likeness (QED) is 0.842. The van der Waals surface area contributed by atoms with Crippen LogP contribution in [0.4, 0.5) is 9.18 Å². The van der Waals surface area contributed by atoms with Gasteiger partial charge < -0.3 is 9.64 Å². The van der Waals surface area contributed by atoms with Crippen molar-refractivity contribution in [2.45, 2.75) is 39.2 Å². The number of nitrogens with zero attached hydrogens (tertiary/aromatic N) is 2. The molecule has 1 aromatic rings. The smallest absolute Gasteiger partial charge is 0.410 e. The largest absolute Gasteiger partial charge is 0.444 e. The van der Waals surface area contributed by atoms with Gasteiger partial charge in [0.25, 0.3) is 0 Å². The molecule has 1 amide bonds. The molecule has 1 atom stereocenters. The first kappa shape index (κ1) is 16.4. The average molecular weight is 308 g/mol. The summed E-state index contributed by atoms with van der Waals surface area (Å²) in [7, 11) is 0. The van der Waals surface area contributed by atoms with Crippen LogP contribution < -0.4 is 0 Å². The molecule has 1 unspecified atom stereocenters. The van der Waals surface area contributed by atoms with Gasteiger partial charge >= 0.3 is 6.09 Å². The predicted molar refractivity (Wildman–Crippen MR) is 78.8 cm³/mol. The Hall–Kier alpha value is -1.98. The van der Waals surface area contributed by atoms with Gasteiger partial charge in [0.15, 0.2) is 0 Å². The summed E-state index contributed by atoms with van der Waals surface area (Å²) in [5.74, 6) is -0.682. The van der Waals surface area contributed by atoms with E-state index in [4.69, 9.17) is 4.74 Å². The molecule has 1 aliphatic heterocycles. The molecule has 0 N–H and O–H groups in total. The first-order valence-corrected chi connectivity index (χ1v) is 7.34. The topological polar surface area (TPSA) is 59.5 Å². The van der Waals surface area contributed by atoms with Gasteiger partial charge in [-0.1, -0.05) is 0 Å². The van der Waals surface area contributed by atoms with E-state index in [9.17, 15) is 14.0 Å². The maximum atomic E-state index is 13.2. The summed E-state index contributed by atoms with van der Waals surface area (Å²) >= 11 is 0. The minimum atomic E-state index is -0.569. The van der Waals surface area contributed by atoms with Gasteiger partial charge in [0.1, 0.15) is 17.2 Å². The van der Waals surface area contributed by atoms with Crippen molar-refractivity contribution in [3.63, 3.8) is 0 Å². The van der Waals surface area contributed by atoms with Gasteiger partial charge in [-0.05, 0) is 38.8 Å². The fourth-order valence-electron chi connectivity index (χ4n) is 2.43. The van der Waals surface area contributed by atoms with Crippen LogP contribution in [0.25, 0.3) is 0 Å². The zero-order valence-electron chi connectivity index (χ0n) is 13.1. The number of likely N-dealkylation sites (tertiary alicyclic amines) is 1. The van der Waals surface area contributed by atoms with Gasteiger partial charge in [-0.25, -0.2) is 9.18 Å². The number of Topliss-reactive ketones (excluding diaryl/α,β-unsaturated/α-hetero) is 1. The second-order valence-electron chi connectivity index (χ2n) is 6.56. The van der Waals surface area contributed by atoms with Crippen LogP contribution in [0.1, 0.15) is 32.8 Å². The number of rotatable bonds is 2.